The highest BCUT2D eigenvalue weighted by Gasteiger charge is 2.12. The number of para-hydroxylation sites is 1. The zero-order valence-corrected chi connectivity index (χ0v) is 12.3. The standard InChI is InChI=1S/C17H16N4/c1-9-7-8-13-15(11(9)3)21-17(19-13)16-18-12-6-4-5-10(2)14(12)20-16/h4-8H,1-3H3,(H,18,20)(H,19,21). The van der Waals surface area contributed by atoms with Gasteiger partial charge in [0.2, 0.25) is 0 Å². The molecule has 0 radical (unpaired) electrons. The van der Waals surface area contributed by atoms with Crippen molar-refractivity contribution in [3.63, 3.8) is 0 Å². The van der Waals surface area contributed by atoms with E-state index in [0.717, 1.165) is 39.3 Å². The zero-order valence-electron chi connectivity index (χ0n) is 12.3. The molecule has 2 aromatic carbocycles. The first-order chi connectivity index (χ1) is 10.1. The molecule has 4 rings (SSSR count). The maximum Gasteiger partial charge on any atom is 0.174 e. The molecule has 2 N–H and O–H groups in total. The van der Waals surface area contributed by atoms with Crippen LogP contribution < -0.4 is 0 Å². The van der Waals surface area contributed by atoms with Gasteiger partial charge in [-0.15, -0.1) is 0 Å². The summed E-state index contributed by atoms with van der Waals surface area (Å²) in [4.78, 5) is 16.1. The van der Waals surface area contributed by atoms with Gasteiger partial charge in [0.1, 0.15) is 0 Å². The summed E-state index contributed by atoms with van der Waals surface area (Å²) in [5, 5.41) is 0. The summed E-state index contributed by atoms with van der Waals surface area (Å²) < 4.78 is 0. The Morgan fingerprint density at radius 1 is 0.714 bits per heavy atom. The van der Waals surface area contributed by atoms with Crippen LogP contribution in [0.15, 0.2) is 30.3 Å². The number of nitrogens with zero attached hydrogens (tertiary/aromatic N) is 2. The fraction of sp³-hybridized carbons (Fsp3) is 0.176. The van der Waals surface area contributed by atoms with Crippen molar-refractivity contribution in [1.82, 2.24) is 19.9 Å². The summed E-state index contributed by atoms with van der Waals surface area (Å²) in [6, 6.07) is 10.3. The first kappa shape index (κ1) is 12.1. The average Bonchev–Trinajstić information content (AvgIpc) is 3.07. The molecule has 4 nitrogen and oxygen atoms in total. The van der Waals surface area contributed by atoms with Crippen LogP contribution in [0.2, 0.25) is 0 Å². The van der Waals surface area contributed by atoms with Crippen LogP contribution >= 0.6 is 0 Å². The number of aryl methyl sites for hydroxylation is 3. The minimum Gasteiger partial charge on any atom is -0.335 e. The van der Waals surface area contributed by atoms with E-state index in [2.05, 4.69) is 53.9 Å². The van der Waals surface area contributed by atoms with Crippen molar-refractivity contribution in [3.05, 3.63) is 47.0 Å². The zero-order chi connectivity index (χ0) is 14.6. The van der Waals surface area contributed by atoms with Gasteiger partial charge in [0.25, 0.3) is 0 Å². The van der Waals surface area contributed by atoms with Crippen molar-refractivity contribution >= 4 is 22.1 Å². The first-order valence-electron chi connectivity index (χ1n) is 7.05. The molecular formula is C17H16N4. The van der Waals surface area contributed by atoms with E-state index >= 15 is 0 Å². The van der Waals surface area contributed by atoms with Crippen LogP contribution in [-0.2, 0) is 0 Å². The molecule has 0 amide bonds. The Bertz CT molecular complexity index is 975. The fourth-order valence-electron chi connectivity index (χ4n) is 2.71. The molecule has 4 aromatic rings. The summed E-state index contributed by atoms with van der Waals surface area (Å²) in [5.41, 5.74) is 7.73. The average molecular weight is 276 g/mol. The number of imidazole rings is 2. The van der Waals surface area contributed by atoms with Crippen molar-refractivity contribution in [2.75, 3.05) is 0 Å². The van der Waals surface area contributed by atoms with Crippen molar-refractivity contribution in [1.29, 1.82) is 0 Å². The Morgan fingerprint density at radius 2 is 1.38 bits per heavy atom. The molecule has 0 bridgehead atoms. The SMILES string of the molecule is Cc1ccc2[nH]c(-c3nc4c(C)cccc4[nH]3)nc2c1C. The Labute approximate surface area is 122 Å². The molecule has 0 atom stereocenters. The lowest BCUT2D eigenvalue weighted by molar-refractivity contribution is 1.22. The quantitative estimate of drug-likeness (QED) is 0.551. The van der Waals surface area contributed by atoms with E-state index in [1.165, 1.54) is 11.1 Å². The molecule has 0 saturated heterocycles. The minimum atomic E-state index is 0.785. The number of H-pyrrole nitrogens is 2. The van der Waals surface area contributed by atoms with Crippen LogP contribution in [0.1, 0.15) is 16.7 Å². The number of aromatic nitrogens is 4. The summed E-state index contributed by atoms with van der Waals surface area (Å²) in [7, 11) is 0. The monoisotopic (exact) mass is 276 g/mol. The van der Waals surface area contributed by atoms with Gasteiger partial charge < -0.3 is 9.97 Å². The van der Waals surface area contributed by atoms with Crippen LogP contribution in [0.5, 0.6) is 0 Å². The molecule has 2 heterocycles. The molecule has 104 valence electrons. The van der Waals surface area contributed by atoms with Crippen molar-refractivity contribution < 1.29 is 0 Å². The van der Waals surface area contributed by atoms with Crippen molar-refractivity contribution in [2.45, 2.75) is 20.8 Å². The second-order valence-electron chi connectivity index (χ2n) is 5.55. The number of nitrogens with one attached hydrogen (secondary N) is 2. The number of aromatic amines is 2. The molecule has 2 aromatic heterocycles. The van der Waals surface area contributed by atoms with Crippen LogP contribution in [0.4, 0.5) is 0 Å². The highest BCUT2D eigenvalue weighted by Crippen LogP contribution is 2.25. The van der Waals surface area contributed by atoms with Gasteiger partial charge in [-0.1, -0.05) is 18.2 Å². The third-order valence-electron chi connectivity index (χ3n) is 4.12. The molecule has 21 heavy (non-hydrogen) atoms. The van der Waals surface area contributed by atoms with E-state index < -0.39 is 0 Å². The van der Waals surface area contributed by atoms with E-state index in [1.54, 1.807) is 0 Å². The second kappa shape index (κ2) is 4.19. The minimum absolute atomic E-state index is 0.785. The highest BCUT2D eigenvalue weighted by atomic mass is 15.0. The highest BCUT2D eigenvalue weighted by molar-refractivity contribution is 5.85. The number of hydrogen-bond donors (Lipinski definition) is 2. The number of hydrogen-bond acceptors (Lipinski definition) is 2. The van der Waals surface area contributed by atoms with Gasteiger partial charge in [0.15, 0.2) is 11.6 Å². The molecule has 0 aliphatic rings. The maximum atomic E-state index is 4.72. The van der Waals surface area contributed by atoms with E-state index in [1.807, 2.05) is 12.1 Å². The van der Waals surface area contributed by atoms with Gasteiger partial charge >= 0.3 is 0 Å². The Hall–Kier alpha value is -2.62. The predicted octanol–water partition coefficient (Wildman–Crippen LogP) is 4.03. The lowest BCUT2D eigenvalue weighted by Crippen LogP contribution is -1.83. The lowest BCUT2D eigenvalue weighted by Gasteiger charge is -1.98. The van der Waals surface area contributed by atoms with Gasteiger partial charge in [-0.3, -0.25) is 0 Å². The van der Waals surface area contributed by atoms with Crippen LogP contribution in [0.25, 0.3) is 33.7 Å². The number of rotatable bonds is 1. The Kier molecular flexibility index (Phi) is 2.42. The van der Waals surface area contributed by atoms with E-state index in [9.17, 15) is 0 Å². The van der Waals surface area contributed by atoms with Crippen molar-refractivity contribution in [3.8, 4) is 11.6 Å². The molecule has 4 heteroatoms. The first-order valence-corrected chi connectivity index (χ1v) is 7.05. The molecule has 0 saturated carbocycles. The predicted molar refractivity (Wildman–Crippen MR) is 85.4 cm³/mol. The smallest absolute Gasteiger partial charge is 0.174 e. The molecule has 0 fully saturated rings. The number of benzene rings is 2. The third-order valence-corrected chi connectivity index (χ3v) is 4.12. The van der Waals surface area contributed by atoms with Crippen molar-refractivity contribution in [2.24, 2.45) is 0 Å². The van der Waals surface area contributed by atoms with Gasteiger partial charge in [-0.2, -0.15) is 0 Å². The second-order valence-corrected chi connectivity index (χ2v) is 5.55. The molecule has 0 aliphatic carbocycles. The van der Waals surface area contributed by atoms with E-state index in [0.29, 0.717) is 0 Å². The van der Waals surface area contributed by atoms with Crippen LogP contribution in [0, 0.1) is 20.8 Å². The summed E-state index contributed by atoms with van der Waals surface area (Å²) >= 11 is 0. The van der Waals surface area contributed by atoms with Gasteiger partial charge in [0.05, 0.1) is 22.1 Å². The lowest BCUT2D eigenvalue weighted by atomic mass is 10.1. The Balaban J connectivity index is 1.96. The topological polar surface area (TPSA) is 57.4 Å². The summed E-state index contributed by atoms with van der Waals surface area (Å²) in [6.45, 7) is 6.28. The van der Waals surface area contributed by atoms with Gasteiger partial charge in [0, 0.05) is 0 Å². The summed E-state index contributed by atoms with van der Waals surface area (Å²) in [5.74, 6) is 1.57. The normalized spacial score (nSPS) is 11.6. The molecule has 0 aliphatic heterocycles. The Morgan fingerprint density at radius 3 is 2.10 bits per heavy atom. The molecular weight excluding hydrogens is 260 g/mol. The van der Waals surface area contributed by atoms with Gasteiger partial charge in [-0.25, -0.2) is 9.97 Å². The van der Waals surface area contributed by atoms with Crippen LogP contribution in [-0.4, -0.2) is 19.9 Å². The maximum absolute atomic E-state index is 4.72. The van der Waals surface area contributed by atoms with E-state index in [-0.39, 0.29) is 0 Å². The molecule has 0 unspecified atom stereocenters. The van der Waals surface area contributed by atoms with Gasteiger partial charge in [-0.05, 0) is 49.6 Å². The molecule has 0 spiro atoms. The number of fused-ring (bicyclic) bond motifs is 2. The van der Waals surface area contributed by atoms with E-state index in [4.69, 9.17) is 4.98 Å². The van der Waals surface area contributed by atoms with Crippen LogP contribution in [0.3, 0.4) is 0 Å². The summed E-state index contributed by atoms with van der Waals surface area (Å²) in [6.07, 6.45) is 0. The third kappa shape index (κ3) is 1.76. The largest absolute Gasteiger partial charge is 0.335 e. The fourth-order valence-corrected chi connectivity index (χ4v) is 2.71.